The predicted octanol–water partition coefficient (Wildman–Crippen LogP) is 3.89. The maximum atomic E-state index is 12.8. The van der Waals surface area contributed by atoms with Crippen LogP contribution >= 0.6 is 0 Å². The summed E-state index contributed by atoms with van der Waals surface area (Å²) in [6, 6.07) is 10.4. The largest absolute Gasteiger partial charge is 0.573 e. The zero-order chi connectivity index (χ0) is 25.2. The van der Waals surface area contributed by atoms with Crippen LogP contribution in [-0.2, 0) is 11.3 Å². The van der Waals surface area contributed by atoms with Crippen LogP contribution in [0.2, 0.25) is 0 Å². The van der Waals surface area contributed by atoms with Crippen molar-refractivity contribution in [2.24, 2.45) is 0 Å². The molecule has 0 aliphatic rings. The van der Waals surface area contributed by atoms with E-state index in [2.05, 4.69) is 30.4 Å². The van der Waals surface area contributed by atoms with Crippen molar-refractivity contribution in [1.29, 1.82) is 0 Å². The van der Waals surface area contributed by atoms with Gasteiger partial charge < -0.3 is 15.4 Å². The van der Waals surface area contributed by atoms with Crippen molar-refractivity contribution < 1.29 is 27.5 Å². The van der Waals surface area contributed by atoms with E-state index >= 15 is 0 Å². The fraction of sp³-hybridized carbons (Fsp3) is 0.174. The number of anilines is 1. The number of nitrogens with one attached hydrogen (secondary N) is 2. The Kier molecular flexibility index (Phi) is 6.36. The van der Waals surface area contributed by atoms with Gasteiger partial charge in [0.2, 0.25) is 5.91 Å². The number of benzene rings is 1. The summed E-state index contributed by atoms with van der Waals surface area (Å²) in [6.07, 6.45) is -1.67. The fourth-order valence-corrected chi connectivity index (χ4v) is 3.31. The van der Waals surface area contributed by atoms with Crippen molar-refractivity contribution in [3.63, 3.8) is 0 Å². The van der Waals surface area contributed by atoms with Crippen molar-refractivity contribution in [3.05, 3.63) is 71.7 Å². The van der Waals surface area contributed by atoms with E-state index in [1.807, 2.05) is 0 Å². The monoisotopic (exact) mass is 484 g/mol. The van der Waals surface area contributed by atoms with Crippen molar-refractivity contribution in [2.45, 2.75) is 26.8 Å². The van der Waals surface area contributed by atoms with Crippen molar-refractivity contribution in [2.75, 3.05) is 5.32 Å². The molecule has 0 aliphatic carbocycles. The molecule has 3 aromatic heterocycles. The number of rotatable bonds is 6. The Balaban J connectivity index is 1.52. The van der Waals surface area contributed by atoms with Gasteiger partial charge in [0.05, 0.1) is 23.1 Å². The van der Waals surface area contributed by atoms with E-state index in [9.17, 15) is 22.8 Å². The molecule has 9 nitrogen and oxygen atoms in total. The third-order valence-corrected chi connectivity index (χ3v) is 4.84. The summed E-state index contributed by atoms with van der Waals surface area (Å²) in [5.74, 6) is -0.719. The number of fused-ring (bicyclic) bond motifs is 1. The van der Waals surface area contributed by atoms with Gasteiger partial charge in [0.15, 0.2) is 11.5 Å². The van der Waals surface area contributed by atoms with E-state index in [0.717, 1.165) is 0 Å². The number of imidazole rings is 1. The molecule has 4 aromatic rings. The Morgan fingerprint density at radius 2 is 1.94 bits per heavy atom. The van der Waals surface area contributed by atoms with Crippen LogP contribution in [0.3, 0.4) is 0 Å². The van der Waals surface area contributed by atoms with Crippen LogP contribution in [0.5, 0.6) is 5.75 Å². The lowest BCUT2D eigenvalue weighted by molar-refractivity contribution is -0.274. The maximum absolute atomic E-state index is 12.8. The van der Waals surface area contributed by atoms with Gasteiger partial charge in [-0.05, 0) is 42.8 Å². The quantitative estimate of drug-likeness (QED) is 0.430. The van der Waals surface area contributed by atoms with Crippen LogP contribution in [0.25, 0.3) is 16.9 Å². The van der Waals surface area contributed by atoms with E-state index in [0.29, 0.717) is 34.0 Å². The molecule has 0 atom stereocenters. The molecule has 0 aliphatic heterocycles. The van der Waals surface area contributed by atoms with Crippen LogP contribution in [0.1, 0.15) is 28.5 Å². The third kappa shape index (κ3) is 5.91. The van der Waals surface area contributed by atoms with Gasteiger partial charge in [-0.3, -0.25) is 14.6 Å². The predicted molar refractivity (Wildman–Crippen MR) is 120 cm³/mol. The lowest BCUT2D eigenvalue weighted by Crippen LogP contribution is -2.24. The van der Waals surface area contributed by atoms with Gasteiger partial charge in [-0.25, -0.2) is 9.50 Å². The van der Waals surface area contributed by atoms with Gasteiger partial charge in [0.1, 0.15) is 5.75 Å². The Hall–Kier alpha value is -4.48. The number of ether oxygens (including phenoxy) is 1. The normalized spacial score (nSPS) is 11.3. The molecule has 0 saturated carbocycles. The number of carbonyl (C=O) groups is 2. The number of nitrogens with zero attached hydrogens (tertiary/aromatic N) is 4. The number of aryl methyl sites for hydroxylation is 1. The first kappa shape index (κ1) is 23.7. The van der Waals surface area contributed by atoms with Crippen molar-refractivity contribution in [1.82, 2.24) is 24.9 Å². The molecule has 1 aromatic carbocycles. The average molecular weight is 484 g/mol. The minimum atomic E-state index is -4.80. The topological polar surface area (TPSA) is 111 Å². The summed E-state index contributed by atoms with van der Waals surface area (Å²) >= 11 is 0. The highest BCUT2D eigenvalue weighted by Crippen LogP contribution is 2.24. The van der Waals surface area contributed by atoms with Gasteiger partial charge in [0, 0.05) is 25.2 Å². The van der Waals surface area contributed by atoms with E-state index in [-0.39, 0.29) is 23.8 Å². The molecule has 0 unspecified atom stereocenters. The van der Waals surface area contributed by atoms with Gasteiger partial charge in [-0.15, -0.1) is 13.2 Å². The van der Waals surface area contributed by atoms with Gasteiger partial charge in [-0.1, -0.05) is 12.1 Å². The van der Waals surface area contributed by atoms with E-state index < -0.39 is 12.3 Å². The molecule has 12 heteroatoms. The summed E-state index contributed by atoms with van der Waals surface area (Å²) < 4.78 is 42.7. The van der Waals surface area contributed by atoms with Crippen LogP contribution in [0.4, 0.5) is 19.0 Å². The third-order valence-electron chi connectivity index (χ3n) is 4.84. The smallest absolute Gasteiger partial charge is 0.406 e. The van der Waals surface area contributed by atoms with Crippen LogP contribution in [0.15, 0.2) is 54.9 Å². The van der Waals surface area contributed by atoms with Crippen molar-refractivity contribution >= 4 is 23.3 Å². The second-order valence-corrected chi connectivity index (χ2v) is 7.56. The van der Waals surface area contributed by atoms with Crippen LogP contribution in [0, 0.1) is 6.92 Å². The molecule has 0 fully saturated rings. The molecule has 0 bridgehead atoms. The summed E-state index contributed by atoms with van der Waals surface area (Å²) in [5.41, 5.74) is 2.80. The zero-order valence-electron chi connectivity index (χ0n) is 18.6. The number of amides is 2. The molecular formula is C23H19F3N6O3. The summed E-state index contributed by atoms with van der Waals surface area (Å²) in [5, 5.41) is 9.73. The number of halogens is 3. The minimum Gasteiger partial charge on any atom is -0.406 e. The van der Waals surface area contributed by atoms with Crippen LogP contribution < -0.4 is 15.4 Å². The van der Waals surface area contributed by atoms with Crippen molar-refractivity contribution in [3.8, 4) is 17.0 Å². The lowest BCUT2D eigenvalue weighted by Gasteiger charge is -2.11. The fourth-order valence-electron chi connectivity index (χ4n) is 3.31. The molecular weight excluding hydrogens is 465 g/mol. The highest BCUT2D eigenvalue weighted by molar-refractivity contribution is 5.96. The average Bonchev–Trinajstić information content (AvgIpc) is 3.17. The van der Waals surface area contributed by atoms with E-state index in [1.165, 1.54) is 29.6 Å². The molecule has 2 amide bonds. The van der Waals surface area contributed by atoms with Gasteiger partial charge in [0.25, 0.3) is 5.91 Å². The molecule has 0 radical (unpaired) electrons. The first-order valence-electron chi connectivity index (χ1n) is 10.3. The number of hydrogen-bond donors (Lipinski definition) is 2. The Bertz CT molecular complexity index is 1420. The summed E-state index contributed by atoms with van der Waals surface area (Å²) in [7, 11) is 0. The molecule has 2 N–H and O–H groups in total. The molecule has 4 rings (SSSR count). The van der Waals surface area contributed by atoms with Gasteiger partial charge in [-0.2, -0.15) is 5.10 Å². The standard InChI is InChI=1S/C23H19F3N6O3/c1-13-18(22(34)28-10-15-4-3-5-17(8-15)35-23(24,25)26)9-16(11-27-13)19-6-7-21-30-20(29-14(2)33)12-32(21)31-19/h3-9,11-12H,10H2,1-2H3,(H,28,34)(H,29,33). The van der Waals surface area contributed by atoms with Crippen LogP contribution in [-0.4, -0.2) is 37.8 Å². The highest BCUT2D eigenvalue weighted by Gasteiger charge is 2.31. The Labute approximate surface area is 197 Å². The van der Waals surface area contributed by atoms with Gasteiger partial charge >= 0.3 is 6.36 Å². The number of alkyl halides is 3. The van der Waals surface area contributed by atoms with E-state index in [1.54, 1.807) is 43.6 Å². The molecule has 0 saturated heterocycles. The Morgan fingerprint density at radius 1 is 1.14 bits per heavy atom. The first-order chi connectivity index (χ1) is 16.6. The lowest BCUT2D eigenvalue weighted by atomic mass is 10.1. The molecule has 3 heterocycles. The number of hydrogen-bond acceptors (Lipinski definition) is 6. The number of pyridine rings is 1. The second-order valence-electron chi connectivity index (χ2n) is 7.56. The van der Waals surface area contributed by atoms with E-state index in [4.69, 9.17) is 0 Å². The molecule has 0 spiro atoms. The summed E-state index contributed by atoms with van der Waals surface area (Å²) in [6.45, 7) is 3.03. The second kappa shape index (κ2) is 9.41. The number of carbonyl (C=O) groups excluding carboxylic acids is 2. The molecule has 35 heavy (non-hydrogen) atoms. The first-order valence-corrected chi connectivity index (χ1v) is 10.3. The highest BCUT2D eigenvalue weighted by atomic mass is 19.4. The SMILES string of the molecule is CC(=O)Nc1cn2nc(-c3cnc(C)c(C(=O)NCc4cccc(OC(F)(F)F)c4)c3)ccc2n1. The summed E-state index contributed by atoms with van der Waals surface area (Å²) in [4.78, 5) is 32.6. The number of aromatic nitrogens is 4. The zero-order valence-corrected chi connectivity index (χ0v) is 18.6. The maximum Gasteiger partial charge on any atom is 0.573 e. The Morgan fingerprint density at radius 3 is 2.69 bits per heavy atom. The molecule has 180 valence electrons. The minimum absolute atomic E-state index is 0.0112.